The van der Waals surface area contributed by atoms with Gasteiger partial charge in [-0.25, -0.2) is 0 Å². The van der Waals surface area contributed by atoms with E-state index in [1.54, 1.807) is 4.90 Å². The molecule has 0 fully saturated rings. The Morgan fingerprint density at radius 1 is 1.50 bits per heavy atom. The van der Waals surface area contributed by atoms with Gasteiger partial charge in [-0.2, -0.15) is 0 Å². The molecule has 0 bridgehead atoms. The first-order valence-electron chi connectivity index (χ1n) is 4.77. The molecule has 0 aliphatic carbocycles. The molecule has 1 atom stereocenters. The predicted molar refractivity (Wildman–Crippen MR) is 58.0 cm³/mol. The quantitative estimate of drug-likeness (QED) is 0.475. The third-order valence-corrected chi connectivity index (χ3v) is 2.89. The smallest absolute Gasteiger partial charge is 0.296 e. The largest absolute Gasteiger partial charge is 0.321 e. The van der Waals surface area contributed by atoms with Gasteiger partial charge in [0.25, 0.3) is 0 Å². The lowest BCUT2D eigenvalue weighted by Crippen LogP contribution is -2.38. The fraction of sp³-hybridized carbons (Fsp3) is 0.364. The number of fused-ring (bicyclic) bond motifs is 1. The van der Waals surface area contributed by atoms with Crippen molar-refractivity contribution in [3.05, 3.63) is 29.8 Å². The summed E-state index contributed by atoms with van der Waals surface area (Å²) < 4.78 is 0. The number of carbonyl (C=O) groups is 1. The molecule has 14 heavy (non-hydrogen) atoms. The molecule has 0 radical (unpaired) electrons. The first-order chi connectivity index (χ1) is 6.70. The Bertz CT molecular complexity index is 364. The van der Waals surface area contributed by atoms with E-state index in [0.717, 1.165) is 18.5 Å². The van der Waals surface area contributed by atoms with Crippen molar-refractivity contribution in [2.45, 2.75) is 25.8 Å². The number of anilines is 1. The maximum atomic E-state index is 11.3. The second-order valence-electron chi connectivity index (χ2n) is 3.64. The van der Waals surface area contributed by atoms with Gasteiger partial charge in [-0.1, -0.05) is 18.2 Å². The van der Waals surface area contributed by atoms with Crippen LogP contribution in [0.15, 0.2) is 24.3 Å². The third kappa shape index (κ3) is 1.50. The van der Waals surface area contributed by atoms with E-state index in [1.807, 2.05) is 31.2 Å². The van der Waals surface area contributed by atoms with Crippen LogP contribution in [0.5, 0.6) is 0 Å². The van der Waals surface area contributed by atoms with Gasteiger partial charge in [0.05, 0.1) is 0 Å². The molecule has 0 saturated heterocycles. The summed E-state index contributed by atoms with van der Waals surface area (Å²) in [5, 5.41) is -0.385. The average molecular weight is 210 g/mol. The van der Waals surface area contributed by atoms with Gasteiger partial charge in [-0.3, -0.25) is 9.69 Å². The molecule has 1 heterocycles. The molecule has 1 aliphatic rings. The van der Waals surface area contributed by atoms with Crippen molar-refractivity contribution in [1.82, 2.24) is 0 Å². The van der Waals surface area contributed by atoms with Crippen LogP contribution in [0.1, 0.15) is 18.9 Å². The van der Waals surface area contributed by atoms with Crippen LogP contribution in [0.3, 0.4) is 0 Å². The van der Waals surface area contributed by atoms with E-state index in [9.17, 15) is 4.79 Å². The summed E-state index contributed by atoms with van der Waals surface area (Å²) in [5.74, 6) is 0. The van der Waals surface area contributed by atoms with Crippen LogP contribution in [-0.4, -0.2) is 11.4 Å². The van der Waals surface area contributed by atoms with E-state index in [4.69, 9.17) is 11.6 Å². The number of hydrogen-bond donors (Lipinski definition) is 0. The van der Waals surface area contributed by atoms with Crippen molar-refractivity contribution in [2.75, 3.05) is 4.90 Å². The summed E-state index contributed by atoms with van der Waals surface area (Å²) in [6.45, 7) is 2.02. The van der Waals surface area contributed by atoms with Crippen LogP contribution in [0.4, 0.5) is 10.5 Å². The summed E-state index contributed by atoms with van der Waals surface area (Å²) in [5.41, 5.74) is 2.17. The molecule has 3 heteroatoms. The Morgan fingerprint density at radius 3 is 2.93 bits per heavy atom. The van der Waals surface area contributed by atoms with E-state index in [1.165, 1.54) is 5.56 Å². The molecule has 2 nitrogen and oxygen atoms in total. The molecule has 0 spiro atoms. The molecular formula is C11H12ClNO. The SMILES string of the molecule is C[C@H]1CCc2ccccc2N1C(=O)Cl. The van der Waals surface area contributed by atoms with Crippen LogP contribution in [0.2, 0.25) is 0 Å². The summed E-state index contributed by atoms with van der Waals surface area (Å²) in [4.78, 5) is 12.9. The minimum Gasteiger partial charge on any atom is -0.296 e. The monoisotopic (exact) mass is 209 g/mol. The van der Waals surface area contributed by atoms with Crippen LogP contribution in [0.25, 0.3) is 0 Å². The zero-order chi connectivity index (χ0) is 10.1. The van der Waals surface area contributed by atoms with E-state index >= 15 is 0 Å². The van der Waals surface area contributed by atoms with E-state index in [-0.39, 0.29) is 11.4 Å². The molecule has 0 unspecified atom stereocenters. The molecule has 0 N–H and O–H groups in total. The summed E-state index contributed by atoms with van der Waals surface area (Å²) in [6.07, 6.45) is 2.01. The molecule has 2 rings (SSSR count). The first kappa shape index (κ1) is 9.53. The van der Waals surface area contributed by atoms with Crippen molar-refractivity contribution >= 4 is 22.7 Å². The lowest BCUT2D eigenvalue weighted by atomic mass is 9.97. The van der Waals surface area contributed by atoms with Crippen molar-refractivity contribution in [2.24, 2.45) is 0 Å². The molecule has 0 saturated carbocycles. The topological polar surface area (TPSA) is 20.3 Å². The normalized spacial score (nSPS) is 20.4. The van der Waals surface area contributed by atoms with Crippen molar-refractivity contribution in [3.8, 4) is 0 Å². The highest BCUT2D eigenvalue weighted by Gasteiger charge is 2.26. The number of carbonyl (C=O) groups excluding carboxylic acids is 1. The fourth-order valence-electron chi connectivity index (χ4n) is 1.96. The summed E-state index contributed by atoms with van der Waals surface area (Å²) >= 11 is 5.57. The fourth-order valence-corrected chi connectivity index (χ4v) is 2.21. The van der Waals surface area contributed by atoms with Gasteiger partial charge in [0, 0.05) is 11.7 Å². The molecule has 1 aliphatic heterocycles. The number of rotatable bonds is 0. The Balaban J connectivity index is 2.46. The zero-order valence-electron chi connectivity index (χ0n) is 8.03. The Hall–Kier alpha value is -1.02. The van der Waals surface area contributed by atoms with Crippen LogP contribution in [-0.2, 0) is 6.42 Å². The van der Waals surface area contributed by atoms with E-state index in [0.29, 0.717) is 0 Å². The van der Waals surface area contributed by atoms with Crippen LogP contribution in [0, 0.1) is 0 Å². The lowest BCUT2D eigenvalue weighted by molar-refractivity contribution is 0.261. The minimum atomic E-state index is -0.385. The van der Waals surface area contributed by atoms with E-state index < -0.39 is 0 Å². The standard InChI is InChI=1S/C11H12ClNO/c1-8-6-7-9-4-2-3-5-10(9)13(8)11(12)14/h2-5,8H,6-7H2,1H3/t8-/m0/s1. The van der Waals surface area contributed by atoms with Gasteiger partial charge in [-0.15, -0.1) is 0 Å². The van der Waals surface area contributed by atoms with E-state index in [2.05, 4.69) is 0 Å². The number of aryl methyl sites for hydroxylation is 1. The third-order valence-electron chi connectivity index (χ3n) is 2.71. The minimum absolute atomic E-state index is 0.204. The molecule has 1 amide bonds. The molecular weight excluding hydrogens is 198 g/mol. The second kappa shape index (κ2) is 3.62. The van der Waals surface area contributed by atoms with Crippen LogP contribution >= 0.6 is 11.6 Å². The Kier molecular flexibility index (Phi) is 2.46. The Morgan fingerprint density at radius 2 is 2.21 bits per heavy atom. The summed E-state index contributed by atoms with van der Waals surface area (Å²) in [7, 11) is 0. The molecule has 0 aromatic heterocycles. The van der Waals surface area contributed by atoms with Gasteiger partial charge in [0.1, 0.15) is 0 Å². The molecule has 74 valence electrons. The maximum Gasteiger partial charge on any atom is 0.321 e. The predicted octanol–water partition coefficient (Wildman–Crippen LogP) is 3.19. The highest BCUT2D eigenvalue weighted by Crippen LogP contribution is 2.31. The zero-order valence-corrected chi connectivity index (χ0v) is 8.79. The number of halogens is 1. The lowest BCUT2D eigenvalue weighted by Gasteiger charge is -2.33. The van der Waals surface area contributed by atoms with Crippen molar-refractivity contribution in [1.29, 1.82) is 0 Å². The molecule has 1 aromatic rings. The maximum absolute atomic E-state index is 11.3. The summed E-state index contributed by atoms with van der Waals surface area (Å²) in [6, 6.07) is 8.13. The van der Waals surface area contributed by atoms with Gasteiger partial charge in [-0.05, 0) is 43.0 Å². The van der Waals surface area contributed by atoms with Crippen LogP contribution < -0.4 is 4.90 Å². The number of nitrogens with zero attached hydrogens (tertiary/aromatic N) is 1. The second-order valence-corrected chi connectivity index (χ2v) is 3.96. The number of para-hydroxylation sites is 1. The Labute approximate surface area is 88.5 Å². The molecule has 1 aromatic carbocycles. The number of hydrogen-bond acceptors (Lipinski definition) is 1. The number of benzene rings is 1. The highest BCUT2D eigenvalue weighted by molar-refractivity contribution is 6.66. The highest BCUT2D eigenvalue weighted by atomic mass is 35.5. The van der Waals surface area contributed by atoms with Gasteiger partial charge < -0.3 is 0 Å². The van der Waals surface area contributed by atoms with Crippen molar-refractivity contribution in [3.63, 3.8) is 0 Å². The van der Waals surface area contributed by atoms with Gasteiger partial charge >= 0.3 is 5.37 Å². The first-order valence-corrected chi connectivity index (χ1v) is 5.14. The van der Waals surface area contributed by atoms with Gasteiger partial charge in [0.2, 0.25) is 0 Å². The average Bonchev–Trinajstić information content (AvgIpc) is 2.17. The van der Waals surface area contributed by atoms with Crippen molar-refractivity contribution < 1.29 is 4.79 Å². The van der Waals surface area contributed by atoms with Gasteiger partial charge in [0.15, 0.2) is 0 Å². The number of amides is 1.